The van der Waals surface area contributed by atoms with Crippen molar-refractivity contribution in [3.05, 3.63) is 16.0 Å². The third-order valence-corrected chi connectivity index (χ3v) is 5.00. The zero-order valence-corrected chi connectivity index (χ0v) is 13.7. The Morgan fingerprint density at radius 3 is 2.62 bits per heavy atom. The highest BCUT2D eigenvalue weighted by molar-refractivity contribution is 7.99. The number of aromatic carboxylic acids is 1. The standard InChI is InChI=1S/C13H20N2O4S2/c1-8-9(2)21-11(10(8)12(17)18)15-13(19)14-4-7-20-6-3-5-16/h16H,3-7H2,1-2H3,(H,17,18)(H2,14,15,19). The average molecular weight is 332 g/mol. The van der Waals surface area contributed by atoms with Gasteiger partial charge in [0, 0.05) is 23.8 Å². The van der Waals surface area contributed by atoms with Gasteiger partial charge in [-0.05, 0) is 31.6 Å². The number of thiophene rings is 1. The van der Waals surface area contributed by atoms with Gasteiger partial charge in [0.1, 0.15) is 5.00 Å². The molecule has 0 aromatic carbocycles. The monoisotopic (exact) mass is 332 g/mol. The Hall–Kier alpha value is -1.25. The van der Waals surface area contributed by atoms with Gasteiger partial charge in [-0.15, -0.1) is 11.3 Å². The van der Waals surface area contributed by atoms with Crippen LogP contribution < -0.4 is 10.6 Å². The van der Waals surface area contributed by atoms with E-state index in [1.54, 1.807) is 18.7 Å². The van der Waals surface area contributed by atoms with Crippen molar-refractivity contribution < 1.29 is 19.8 Å². The number of urea groups is 1. The third kappa shape index (κ3) is 5.56. The molecule has 0 aliphatic rings. The van der Waals surface area contributed by atoms with Gasteiger partial charge < -0.3 is 15.5 Å². The molecular weight excluding hydrogens is 312 g/mol. The molecule has 0 saturated heterocycles. The molecule has 0 aliphatic carbocycles. The lowest BCUT2D eigenvalue weighted by Crippen LogP contribution is -2.30. The van der Waals surface area contributed by atoms with Crippen LogP contribution in [0.1, 0.15) is 27.2 Å². The van der Waals surface area contributed by atoms with Crippen LogP contribution in [0, 0.1) is 13.8 Å². The van der Waals surface area contributed by atoms with Crippen LogP contribution in [0.4, 0.5) is 9.80 Å². The Kier molecular flexibility index (Phi) is 7.55. The van der Waals surface area contributed by atoms with Crippen LogP contribution in [0.2, 0.25) is 0 Å². The number of carbonyl (C=O) groups excluding carboxylic acids is 1. The quantitative estimate of drug-likeness (QED) is 0.548. The number of rotatable bonds is 8. The van der Waals surface area contributed by atoms with Crippen LogP contribution in [0.25, 0.3) is 0 Å². The highest BCUT2D eigenvalue weighted by Crippen LogP contribution is 2.32. The van der Waals surface area contributed by atoms with Gasteiger partial charge in [0.25, 0.3) is 0 Å². The van der Waals surface area contributed by atoms with Gasteiger partial charge in [-0.2, -0.15) is 11.8 Å². The molecule has 0 atom stereocenters. The molecule has 1 heterocycles. The number of thioether (sulfide) groups is 1. The van der Waals surface area contributed by atoms with E-state index in [0.717, 1.165) is 22.8 Å². The summed E-state index contributed by atoms with van der Waals surface area (Å²) in [6.07, 6.45) is 0.743. The largest absolute Gasteiger partial charge is 0.478 e. The first kappa shape index (κ1) is 17.8. The zero-order valence-electron chi connectivity index (χ0n) is 12.1. The Balaban J connectivity index is 2.45. The fraction of sp³-hybridized carbons (Fsp3) is 0.538. The van der Waals surface area contributed by atoms with Crippen LogP contribution in [-0.2, 0) is 0 Å². The SMILES string of the molecule is Cc1sc(NC(=O)NCCSCCCO)c(C(=O)O)c1C. The van der Waals surface area contributed by atoms with Crippen molar-refractivity contribution in [3.63, 3.8) is 0 Å². The lowest BCUT2D eigenvalue weighted by Gasteiger charge is -2.07. The van der Waals surface area contributed by atoms with Crippen molar-refractivity contribution in [3.8, 4) is 0 Å². The van der Waals surface area contributed by atoms with E-state index in [0.29, 0.717) is 17.1 Å². The number of aryl methyl sites for hydroxylation is 1. The van der Waals surface area contributed by atoms with Gasteiger partial charge in [-0.25, -0.2) is 9.59 Å². The average Bonchev–Trinajstić information content (AvgIpc) is 2.68. The molecule has 0 unspecified atom stereocenters. The minimum atomic E-state index is -1.04. The molecule has 0 radical (unpaired) electrons. The molecule has 0 saturated carbocycles. The van der Waals surface area contributed by atoms with E-state index in [1.807, 2.05) is 6.92 Å². The summed E-state index contributed by atoms with van der Waals surface area (Å²) in [6.45, 7) is 4.23. The Bertz CT molecular complexity index is 503. The third-order valence-electron chi connectivity index (χ3n) is 2.80. The number of hydrogen-bond donors (Lipinski definition) is 4. The van der Waals surface area contributed by atoms with Crippen LogP contribution in [0.3, 0.4) is 0 Å². The molecule has 21 heavy (non-hydrogen) atoms. The summed E-state index contributed by atoms with van der Waals surface area (Å²) >= 11 is 2.91. The number of carbonyl (C=O) groups is 2. The molecule has 118 valence electrons. The fourth-order valence-electron chi connectivity index (χ4n) is 1.63. The van der Waals surface area contributed by atoms with Crippen LogP contribution in [0.5, 0.6) is 0 Å². The number of aliphatic hydroxyl groups excluding tert-OH is 1. The van der Waals surface area contributed by atoms with Crippen molar-refractivity contribution in [2.75, 3.05) is 30.0 Å². The molecule has 6 nitrogen and oxygen atoms in total. The Morgan fingerprint density at radius 1 is 1.29 bits per heavy atom. The molecule has 0 bridgehead atoms. The molecule has 0 aliphatic heterocycles. The molecule has 2 amide bonds. The minimum Gasteiger partial charge on any atom is -0.478 e. The van der Waals surface area contributed by atoms with Gasteiger partial charge in [0.05, 0.1) is 5.56 Å². The first-order chi connectivity index (χ1) is 9.97. The predicted molar refractivity (Wildman–Crippen MR) is 86.8 cm³/mol. The van der Waals surface area contributed by atoms with Crippen LogP contribution >= 0.6 is 23.1 Å². The summed E-state index contributed by atoms with van der Waals surface area (Å²) in [5.74, 6) is 0.570. The molecule has 0 spiro atoms. The highest BCUT2D eigenvalue weighted by atomic mass is 32.2. The maximum atomic E-state index is 11.7. The molecular formula is C13H20N2O4S2. The van der Waals surface area contributed by atoms with E-state index >= 15 is 0 Å². The summed E-state index contributed by atoms with van der Waals surface area (Å²) in [5.41, 5.74) is 0.840. The first-order valence-electron chi connectivity index (χ1n) is 6.54. The van der Waals surface area contributed by atoms with E-state index in [1.165, 1.54) is 11.3 Å². The second-order valence-electron chi connectivity index (χ2n) is 4.36. The summed E-state index contributed by atoms with van der Waals surface area (Å²) in [7, 11) is 0. The summed E-state index contributed by atoms with van der Waals surface area (Å²) in [5, 5.41) is 23.5. The van der Waals surface area contributed by atoms with E-state index in [2.05, 4.69) is 10.6 Å². The van der Waals surface area contributed by atoms with Crippen LogP contribution in [-0.4, -0.2) is 46.9 Å². The predicted octanol–water partition coefficient (Wildman–Crippen LogP) is 2.30. The maximum Gasteiger partial charge on any atom is 0.338 e. The van der Waals surface area contributed by atoms with E-state index < -0.39 is 12.0 Å². The van der Waals surface area contributed by atoms with E-state index in [4.69, 9.17) is 5.11 Å². The zero-order chi connectivity index (χ0) is 15.8. The van der Waals surface area contributed by atoms with Crippen molar-refractivity contribution in [1.29, 1.82) is 0 Å². The molecule has 0 fully saturated rings. The fourth-order valence-corrected chi connectivity index (χ4v) is 3.46. The number of amides is 2. The lowest BCUT2D eigenvalue weighted by molar-refractivity contribution is 0.0697. The van der Waals surface area contributed by atoms with Gasteiger partial charge in [0.15, 0.2) is 0 Å². The lowest BCUT2D eigenvalue weighted by atomic mass is 10.1. The molecule has 8 heteroatoms. The maximum absolute atomic E-state index is 11.7. The van der Waals surface area contributed by atoms with Gasteiger partial charge in [-0.1, -0.05) is 0 Å². The minimum absolute atomic E-state index is 0.157. The number of nitrogens with one attached hydrogen (secondary N) is 2. The Morgan fingerprint density at radius 2 is 2.00 bits per heavy atom. The smallest absolute Gasteiger partial charge is 0.338 e. The number of carboxylic acids is 1. The number of carboxylic acid groups (broad SMARTS) is 1. The highest BCUT2D eigenvalue weighted by Gasteiger charge is 2.20. The number of hydrogen-bond acceptors (Lipinski definition) is 5. The summed E-state index contributed by atoms with van der Waals surface area (Å²) in [6, 6.07) is -0.401. The molecule has 1 aromatic heterocycles. The van der Waals surface area contributed by atoms with Crippen LogP contribution in [0.15, 0.2) is 0 Å². The van der Waals surface area contributed by atoms with Gasteiger partial charge >= 0.3 is 12.0 Å². The topological polar surface area (TPSA) is 98.7 Å². The molecule has 1 aromatic rings. The summed E-state index contributed by atoms with van der Waals surface area (Å²) in [4.78, 5) is 23.8. The van der Waals surface area contributed by atoms with Crippen molar-refractivity contribution >= 4 is 40.1 Å². The van der Waals surface area contributed by atoms with E-state index in [9.17, 15) is 14.7 Å². The van der Waals surface area contributed by atoms with Crippen molar-refractivity contribution in [2.45, 2.75) is 20.3 Å². The normalized spacial score (nSPS) is 10.4. The molecule has 4 N–H and O–H groups in total. The van der Waals surface area contributed by atoms with Crippen molar-refractivity contribution in [2.24, 2.45) is 0 Å². The van der Waals surface area contributed by atoms with Crippen molar-refractivity contribution in [1.82, 2.24) is 5.32 Å². The number of aliphatic hydroxyl groups is 1. The first-order valence-corrected chi connectivity index (χ1v) is 8.51. The molecule has 1 rings (SSSR count). The number of anilines is 1. The summed E-state index contributed by atoms with van der Waals surface area (Å²) < 4.78 is 0. The van der Waals surface area contributed by atoms with Gasteiger partial charge in [-0.3, -0.25) is 5.32 Å². The Labute approximate surface area is 131 Å². The second-order valence-corrected chi connectivity index (χ2v) is 6.81. The van der Waals surface area contributed by atoms with Gasteiger partial charge in [0.2, 0.25) is 0 Å². The second kappa shape index (κ2) is 8.91. The van der Waals surface area contributed by atoms with E-state index in [-0.39, 0.29) is 12.2 Å².